The number of carbonyl (C=O) groups is 1. The number of aliphatic hydroxyl groups excluding tert-OH is 1. The summed E-state index contributed by atoms with van der Waals surface area (Å²) in [6, 6.07) is -0.00361. The molecule has 22 heavy (non-hydrogen) atoms. The third-order valence-electron chi connectivity index (χ3n) is 4.81. The minimum atomic E-state index is -0.262. The highest BCUT2D eigenvalue weighted by Crippen LogP contribution is 2.41. The average molecular weight is 323 g/mol. The molecule has 122 valence electrons. The van der Waals surface area contributed by atoms with Crippen LogP contribution in [0.2, 0.25) is 0 Å². The molecule has 5 nitrogen and oxygen atoms in total. The van der Waals surface area contributed by atoms with Gasteiger partial charge in [-0.15, -0.1) is 11.3 Å². The molecule has 0 saturated heterocycles. The van der Waals surface area contributed by atoms with Gasteiger partial charge in [0, 0.05) is 31.1 Å². The molecule has 0 spiro atoms. The summed E-state index contributed by atoms with van der Waals surface area (Å²) in [7, 11) is 1.82. The fourth-order valence-corrected chi connectivity index (χ4v) is 4.06. The van der Waals surface area contributed by atoms with Gasteiger partial charge in [-0.05, 0) is 31.6 Å². The lowest BCUT2D eigenvalue weighted by Gasteiger charge is -2.31. The van der Waals surface area contributed by atoms with Crippen LogP contribution in [0.5, 0.6) is 0 Å². The molecule has 2 saturated carbocycles. The summed E-state index contributed by atoms with van der Waals surface area (Å²) in [4.78, 5) is 18.6. The van der Waals surface area contributed by atoms with Crippen molar-refractivity contribution < 1.29 is 9.90 Å². The lowest BCUT2D eigenvalue weighted by molar-refractivity contribution is 0.0562. The second-order valence-corrected chi connectivity index (χ2v) is 7.55. The SMILES string of the molecule is CN(CC1CCCCC1O)C(=O)NC(c1nccs1)C1CC1. The summed E-state index contributed by atoms with van der Waals surface area (Å²) in [5.74, 6) is 0.743. The Morgan fingerprint density at radius 2 is 2.23 bits per heavy atom. The first-order valence-corrected chi connectivity index (χ1v) is 9.12. The standard InChI is InChI=1S/C16H25N3O2S/c1-19(10-12-4-2-3-5-13(12)20)16(21)18-14(11-6-7-11)15-17-8-9-22-15/h8-9,11-14,20H,2-7,10H2,1H3,(H,18,21). The average Bonchev–Trinajstić information content (AvgIpc) is 3.21. The minimum absolute atomic E-state index is 0.0474. The highest BCUT2D eigenvalue weighted by Gasteiger charge is 2.36. The molecule has 2 fully saturated rings. The summed E-state index contributed by atoms with van der Waals surface area (Å²) in [5.41, 5.74) is 0. The number of amides is 2. The molecule has 0 aliphatic heterocycles. The maximum atomic E-state index is 12.5. The van der Waals surface area contributed by atoms with Gasteiger partial charge in [0.05, 0.1) is 12.1 Å². The van der Waals surface area contributed by atoms with Gasteiger partial charge < -0.3 is 15.3 Å². The van der Waals surface area contributed by atoms with Gasteiger partial charge in [0.1, 0.15) is 5.01 Å². The van der Waals surface area contributed by atoms with E-state index in [9.17, 15) is 9.90 Å². The van der Waals surface area contributed by atoms with E-state index in [0.717, 1.165) is 43.5 Å². The number of hydrogen-bond donors (Lipinski definition) is 2. The molecular weight excluding hydrogens is 298 g/mol. The molecule has 1 aromatic rings. The second-order valence-electron chi connectivity index (χ2n) is 6.63. The fourth-order valence-electron chi connectivity index (χ4n) is 3.28. The first-order chi connectivity index (χ1) is 10.6. The monoisotopic (exact) mass is 323 g/mol. The number of urea groups is 1. The van der Waals surface area contributed by atoms with Crippen LogP contribution in [0.15, 0.2) is 11.6 Å². The number of aliphatic hydroxyl groups is 1. The third-order valence-corrected chi connectivity index (χ3v) is 5.67. The predicted octanol–water partition coefficient (Wildman–Crippen LogP) is 2.79. The Kier molecular flexibility index (Phi) is 4.98. The second kappa shape index (κ2) is 6.96. The van der Waals surface area contributed by atoms with E-state index in [1.807, 2.05) is 12.4 Å². The zero-order valence-electron chi connectivity index (χ0n) is 13.1. The molecule has 6 heteroatoms. The van der Waals surface area contributed by atoms with E-state index in [0.29, 0.717) is 12.5 Å². The Labute approximate surface area is 135 Å². The van der Waals surface area contributed by atoms with Crippen LogP contribution in [0.4, 0.5) is 4.79 Å². The van der Waals surface area contributed by atoms with E-state index >= 15 is 0 Å². The zero-order valence-corrected chi connectivity index (χ0v) is 13.9. The number of nitrogens with zero attached hydrogens (tertiary/aromatic N) is 2. The number of aromatic nitrogens is 1. The molecule has 1 aromatic heterocycles. The van der Waals surface area contributed by atoms with Gasteiger partial charge in [-0.25, -0.2) is 9.78 Å². The summed E-state index contributed by atoms with van der Waals surface area (Å²) < 4.78 is 0. The van der Waals surface area contributed by atoms with Crippen molar-refractivity contribution in [3.8, 4) is 0 Å². The molecule has 3 unspecified atom stereocenters. The van der Waals surface area contributed by atoms with Crippen molar-refractivity contribution in [1.82, 2.24) is 15.2 Å². The molecule has 0 radical (unpaired) electrons. The van der Waals surface area contributed by atoms with Gasteiger partial charge in [0.15, 0.2) is 0 Å². The number of nitrogens with one attached hydrogen (secondary N) is 1. The van der Waals surface area contributed by atoms with Crippen molar-refractivity contribution in [3.05, 3.63) is 16.6 Å². The molecule has 0 aromatic carbocycles. The predicted molar refractivity (Wildman–Crippen MR) is 86.7 cm³/mol. The van der Waals surface area contributed by atoms with Crippen molar-refractivity contribution >= 4 is 17.4 Å². The Morgan fingerprint density at radius 1 is 1.45 bits per heavy atom. The van der Waals surface area contributed by atoms with Crippen LogP contribution in [-0.4, -0.2) is 40.7 Å². The molecular formula is C16H25N3O2S. The maximum absolute atomic E-state index is 12.5. The van der Waals surface area contributed by atoms with Gasteiger partial charge in [-0.2, -0.15) is 0 Å². The van der Waals surface area contributed by atoms with Gasteiger partial charge in [-0.1, -0.05) is 12.8 Å². The summed E-state index contributed by atoms with van der Waals surface area (Å²) in [6.07, 6.45) is 7.99. The molecule has 2 N–H and O–H groups in total. The molecule has 2 aliphatic rings. The van der Waals surface area contributed by atoms with Crippen LogP contribution in [0.25, 0.3) is 0 Å². The van der Waals surface area contributed by atoms with E-state index < -0.39 is 0 Å². The normalized spacial score (nSPS) is 26.5. The van der Waals surface area contributed by atoms with Crippen LogP contribution in [0, 0.1) is 11.8 Å². The molecule has 3 rings (SSSR count). The van der Waals surface area contributed by atoms with E-state index in [-0.39, 0.29) is 24.1 Å². The molecule has 0 bridgehead atoms. The molecule has 2 amide bonds. The maximum Gasteiger partial charge on any atom is 0.317 e. The van der Waals surface area contributed by atoms with E-state index in [1.165, 1.54) is 0 Å². The van der Waals surface area contributed by atoms with Crippen molar-refractivity contribution in [2.45, 2.75) is 50.7 Å². The van der Waals surface area contributed by atoms with Crippen molar-refractivity contribution in [2.24, 2.45) is 11.8 Å². The summed E-state index contributed by atoms with van der Waals surface area (Å²) in [5, 5.41) is 16.2. The Balaban J connectivity index is 1.55. The lowest BCUT2D eigenvalue weighted by Crippen LogP contribution is -2.44. The number of carbonyl (C=O) groups excluding carboxylic acids is 1. The van der Waals surface area contributed by atoms with Crippen LogP contribution in [0.1, 0.15) is 49.6 Å². The van der Waals surface area contributed by atoms with E-state index in [1.54, 1.807) is 22.4 Å². The first-order valence-electron chi connectivity index (χ1n) is 8.24. The molecule has 2 aliphatic carbocycles. The van der Waals surface area contributed by atoms with Gasteiger partial charge in [0.2, 0.25) is 0 Å². The van der Waals surface area contributed by atoms with Gasteiger partial charge >= 0.3 is 6.03 Å². The minimum Gasteiger partial charge on any atom is -0.393 e. The highest BCUT2D eigenvalue weighted by molar-refractivity contribution is 7.09. The molecule has 1 heterocycles. The number of hydrogen-bond acceptors (Lipinski definition) is 4. The third kappa shape index (κ3) is 3.79. The van der Waals surface area contributed by atoms with Crippen LogP contribution < -0.4 is 5.32 Å². The lowest BCUT2D eigenvalue weighted by atomic mass is 9.86. The number of thiazole rings is 1. The van der Waals surface area contributed by atoms with E-state index in [2.05, 4.69) is 10.3 Å². The van der Waals surface area contributed by atoms with Gasteiger partial charge in [-0.3, -0.25) is 0 Å². The first kappa shape index (κ1) is 15.7. The smallest absolute Gasteiger partial charge is 0.317 e. The van der Waals surface area contributed by atoms with Crippen molar-refractivity contribution in [3.63, 3.8) is 0 Å². The summed E-state index contributed by atoms with van der Waals surface area (Å²) >= 11 is 1.60. The Morgan fingerprint density at radius 3 is 2.86 bits per heavy atom. The topological polar surface area (TPSA) is 65.5 Å². The van der Waals surface area contributed by atoms with Crippen molar-refractivity contribution in [2.75, 3.05) is 13.6 Å². The zero-order chi connectivity index (χ0) is 15.5. The molecule has 3 atom stereocenters. The van der Waals surface area contributed by atoms with Crippen LogP contribution >= 0.6 is 11.3 Å². The summed E-state index contributed by atoms with van der Waals surface area (Å²) in [6.45, 7) is 0.627. The quantitative estimate of drug-likeness (QED) is 0.875. The Hall–Kier alpha value is -1.14. The van der Waals surface area contributed by atoms with Crippen molar-refractivity contribution in [1.29, 1.82) is 0 Å². The van der Waals surface area contributed by atoms with Crippen LogP contribution in [-0.2, 0) is 0 Å². The Bertz CT molecular complexity index is 490. The van der Waals surface area contributed by atoms with E-state index in [4.69, 9.17) is 0 Å². The highest BCUT2D eigenvalue weighted by atomic mass is 32.1. The van der Waals surface area contributed by atoms with Crippen LogP contribution in [0.3, 0.4) is 0 Å². The number of rotatable bonds is 5. The fraction of sp³-hybridized carbons (Fsp3) is 0.750. The van der Waals surface area contributed by atoms with Gasteiger partial charge in [0.25, 0.3) is 0 Å². The largest absolute Gasteiger partial charge is 0.393 e.